The van der Waals surface area contributed by atoms with Gasteiger partial charge in [0, 0.05) is 19.5 Å². The van der Waals surface area contributed by atoms with Crippen molar-refractivity contribution in [2.45, 2.75) is 19.6 Å². The van der Waals surface area contributed by atoms with Crippen molar-refractivity contribution in [3.05, 3.63) is 54.1 Å². The van der Waals surface area contributed by atoms with Crippen LogP contribution >= 0.6 is 0 Å². The van der Waals surface area contributed by atoms with Crippen molar-refractivity contribution in [3.63, 3.8) is 0 Å². The van der Waals surface area contributed by atoms with Gasteiger partial charge in [-0.15, -0.1) is 0 Å². The van der Waals surface area contributed by atoms with Gasteiger partial charge in [-0.1, -0.05) is 30.4 Å². The first-order chi connectivity index (χ1) is 13.7. The first kappa shape index (κ1) is 21.6. The van der Waals surface area contributed by atoms with Gasteiger partial charge in [0.1, 0.15) is 6.61 Å². The highest BCUT2D eigenvalue weighted by molar-refractivity contribution is 5.55. The summed E-state index contributed by atoms with van der Waals surface area (Å²) in [6, 6.07) is 13.1. The highest BCUT2D eigenvalue weighted by atomic mass is 16.6. The van der Waals surface area contributed by atoms with Crippen molar-refractivity contribution in [1.82, 2.24) is 5.32 Å². The molecule has 0 saturated heterocycles. The normalized spacial score (nSPS) is 12.0. The van der Waals surface area contributed by atoms with E-state index < -0.39 is 6.29 Å². The van der Waals surface area contributed by atoms with Gasteiger partial charge >= 0.3 is 0 Å². The van der Waals surface area contributed by atoms with E-state index in [-0.39, 0.29) is 0 Å². The van der Waals surface area contributed by atoms with E-state index in [2.05, 4.69) is 5.32 Å². The fourth-order valence-corrected chi connectivity index (χ4v) is 2.60. The summed E-state index contributed by atoms with van der Waals surface area (Å²) in [6.45, 7) is 3.69. The molecule has 0 fully saturated rings. The van der Waals surface area contributed by atoms with Gasteiger partial charge < -0.3 is 29.4 Å². The van der Waals surface area contributed by atoms with E-state index in [9.17, 15) is 5.11 Å². The first-order valence-electron chi connectivity index (χ1n) is 9.30. The molecule has 0 aliphatic rings. The maximum Gasteiger partial charge on any atom is 0.198 e. The molecule has 0 aliphatic heterocycles. The smallest absolute Gasteiger partial charge is 0.198 e. The second-order valence-corrected chi connectivity index (χ2v) is 6.02. The second kappa shape index (κ2) is 11.9. The Morgan fingerprint density at radius 3 is 2.43 bits per heavy atom. The van der Waals surface area contributed by atoms with Crippen LogP contribution in [0.2, 0.25) is 0 Å². The van der Waals surface area contributed by atoms with E-state index in [1.807, 2.05) is 55.5 Å². The average Bonchev–Trinajstić information content (AvgIpc) is 2.72. The third-order valence-corrected chi connectivity index (χ3v) is 3.98. The van der Waals surface area contributed by atoms with Crippen LogP contribution in [0.15, 0.2) is 48.5 Å². The molecule has 6 heteroatoms. The monoisotopic (exact) mass is 387 g/mol. The Morgan fingerprint density at radius 1 is 0.964 bits per heavy atom. The van der Waals surface area contributed by atoms with E-state index in [1.165, 1.54) is 0 Å². The molecule has 2 aromatic carbocycles. The Balaban J connectivity index is 1.69. The molecule has 2 aromatic rings. The van der Waals surface area contributed by atoms with Crippen LogP contribution < -0.4 is 24.3 Å². The van der Waals surface area contributed by atoms with Gasteiger partial charge in [-0.25, -0.2) is 0 Å². The SMILES string of the molecule is CC=Cc1ccc(OC(O)CCNCCOc2ccccc2OC)c(OC)c1. The molecule has 0 bridgehead atoms. The number of methoxy groups -OCH3 is 2. The van der Waals surface area contributed by atoms with Gasteiger partial charge in [0.05, 0.1) is 14.2 Å². The molecule has 2 N–H and O–H groups in total. The summed E-state index contributed by atoms with van der Waals surface area (Å²) in [5.74, 6) is 2.53. The average molecular weight is 387 g/mol. The Hall–Kier alpha value is -2.70. The molecule has 6 nitrogen and oxygen atoms in total. The van der Waals surface area contributed by atoms with Crippen molar-refractivity contribution in [1.29, 1.82) is 0 Å². The van der Waals surface area contributed by atoms with Crippen LogP contribution in [-0.4, -0.2) is 45.3 Å². The quantitative estimate of drug-likeness (QED) is 0.429. The standard InChI is InChI=1S/C22H29NO5/c1-4-7-17-10-11-20(21(16-17)26-3)28-22(24)12-13-23-14-15-27-19-9-6-5-8-18(19)25-2/h4-11,16,22-24H,12-15H2,1-3H3. The number of hydrogen-bond donors (Lipinski definition) is 2. The van der Waals surface area contributed by atoms with Gasteiger partial charge in [-0.3, -0.25) is 0 Å². The van der Waals surface area contributed by atoms with E-state index in [0.29, 0.717) is 49.1 Å². The van der Waals surface area contributed by atoms with Crippen molar-refractivity contribution < 1.29 is 24.1 Å². The lowest BCUT2D eigenvalue weighted by Gasteiger charge is -2.16. The third-order valence-electron chi connectivity index (χ3n) is 3.98. The number of rotatable bonds is 12. The zero-order chi connectivity index (χ0) is 20.2. The minimum atomic E-state index is -0.927. The first-order valence-corrected chi connectivity index (χ1v) is 9.30. The third kappa shape index (κ3) is 6.79. The van der Waals surface area contributed by atoms with Crippen molar-refractivity contribution in [2.75, 3.05) is 33.9 Å². The lowest BCUT2D eigenvalue weighted by Crippen LogP contribution is -2.27. The summed E-state index contributed by atoms with van der Waals surface area (Å²) in [4.78, 5) is 0. The largest absolute Gasteiger partial charge is 0.493 e. The van der Waals surface area contributed by atoms with Crippen LogP contribution in [0.1, 0.15) is 18.9 Å². The number of aliphatic hydroxyl groups is 1. The zero-order valence-corrected chi connectivity index (χ0v) is 16.7. The maximum absolute atomic E-state index is 10.1. The van der Waals surface area contributed by atoms with Crippen molar-refractivity contribution >= 4 is 6.08 Å². The van der Waals surface area contributed by atoms with Crippen LogP contribution in [0, 0.1) is 0 Å². The molecule has 0 aliphatic carbocycles. The van der Waals surface area contributed by atoms with E-state index in [1.54, 1.807) is 20.3 Å². The summed E-state index contributed by atoms with van der Waals surface area (Å²) < 4.78 is 21.9. The number of hydrogen-bond acceptors (Lipinski definition) is 6. The number of ether oxygens (including phenoxy) is 4. The molecule has 0 heterocycles. The molecular weight excluding hydrogens is 358 g/mol. The summed E-state index contributed by atoms with van der Waals surface area (Å²) in [7, 11) is 3.20. The molecule has 0 aromatic heterocycles. The van der Waals surface area contributed by atoms with E-state index >= 15 is 0 Å². The fourth-order valence-electron chi connectivity index (χ4n) is 2.60. The van der Waals surface area contributed by atoms with Crippen LogP contribution in [0.3, 0.4) is 0 Å². The van der Waals surface area contributed by atoms with E-state index in [4.69, 9.17) is 18.9 Å². The van der Waals surface area contributed by atoms with Gasteiger partial charge in [0.2, 0.25) is 0 Å². The van der Waals surface area contributed by atoms with Gasteiger partial charge in [-0.2, -0.15) is 0 Å². The predicted octanol–water partition coefficient (Wildman–Crippen LogP) is 3.49. The number of para-hydroxylation sites is 2. The number of nitrogens with one attached hydrogen (secondary N) is 1. The molecule has 1 unspecified atom stereocenters. The zero-order valence-electron chi connectivity index (χ0n) is 16.7. The minimum Gasteiger partial charge on any atom is -0.493 e. The summed E-state index contributed by atoms with van der Waals surface area (Å²) in [5, 5.41) is 13.3. The highest BCUT2D eigenvalue weighted by Gasteiger charge is 2.11. The van der Waals surface area contributed by atoms with Crippen molar-refractivity contribution in [2.24, 2.45) is 0 Å². The van der Waals surface area contributed by atoms with Crippen LogP contribution in [0.4, 0.5) is 0 Å². The molecule has 0 amide bonds. The topological polar surface area (TPSA) is 69.2 Å². The number of aliphatic hydroxyl groups excluding tert-OH is 1. The maximum atomic E-state index is 10.1. The fraction of sp³-hybridized carbons (Fsp3) is 0.364. The predicted molar refractivity (Wildman–Crippen MR) is 110 cm³/mol. The Kier molecular flexibility index (Phi) is 9.18. The number of benzene rings is 2. The number of allylic oxidation sites excluding steroid dienone is 1. The molecule has 28 heavy (non-hydrogen) atoms. The minimum absolute atomic E-state index is 0.439. The van der Waals surface area contributed by atoms with E-state index in [0.717, 1.165) is 5.56 Å². The molecule has 0 radical (unpaired) electrons. The molecule has 0 saturated carbocycles. The van der Waals surface area contributed by atoms with Crippen LogP contribution in [0.25, 0.3) is 6.08 Å². The lowest BCUT2D eigenvalue weighted by atomic mass is 10.2. The Bertz CT molecular complexity index is 747. The Morgan fingerprint density at radius 2 is 1.71 bits per heavy atom. The van der Waals surface area contributed by atoms with Crippen molar-refractivity contribution in [3.8, 4) is 23.0 Å². The molecule has 152 valence electrons. The van der Waals surface area contributed by atoms with Crippen LogP contribution in [-0.2, 0) is 0 Å². The molecule has 2 rings (SSSR count). The highest BCUT2D eigenvalue weighted by Crippen LogP contribution is 2.29. The summed E-state index contributed by atoms with van der Waals surface area (Å²) in [5.41, 5.74) is 1.01. The van der Waals surface area contributed by atoms with Gasteiger partial charge in [0.25, 0.3) is 0 Å². The molecule has 1 atom stereocenters. The molecular formula is C22H29NO5. The second-order valence-electron chi connectivity index (χ2n) is 6.02. The van der Waals surface area contributed by atoms with Gasteiger partial charge in [0.15, 0.2) is 29.3 Å². The van der Waals surface area contributed by atoms with Crippen LogP contribution in [0.5, 0.6) is 23.0 Å². The molecule has 0 spiro atoms. The summed E-state index contributed by atoms with van der Waals surface area (Å²) >= 11 is 0. The van der Waals surface area contributed by atoms with Gasteiger partial charge in [-0.05, 0) is 36.8 Å². The Labute approximate surface area is 166 Å². The lowest BCUT2D eigenvalue weighted by molar-refractivity contribution is -0.0239. The summed E-state index contributed by atoms with van der Waals surface area (Å²) in [6.07, 6.45) is 3.44.